The number of nitrogens with zero attached hydrogens (tertiary/aromatic N) is 10. The zero-order chi connectivity index (χ0) is 43.9. The van der Waals surface area contributed by atoms with Crippen LogP contribution in [0.5, 0.6) is 0 Å². The van der Waals surface area contributed by atoms with Crippen molar-refractivity contribution in [3.63, 3.8) is 0 Å². The van der Waals surface area contributed by atoms with Crippen molar-refractivity contribution in [1.29, 1.82) is 0 Å². The molecule has 63 heavy (non-hydrogen) atoms. The largest absolute Gasteiger partial charge is 0.385 e. The van der Waals surface area contributed by atoms with Gasteiger partial charge in [0.05, 0.1) is 29.1 Å². The number of aromatic nitrogens is 8. The third kappa shape index (κ3) is 11.0. The lowest BCUT2D eigenvalue weighted by Gasteiger charge is -2.42. The third-order valence-electron chi connectivity index (χ3n) is 12.9. The number of likely N-dealkylation sites (tertiary alicyclic amines) is 1. The van der Waals surface area contributed by atoms with Crippen LogP contribution in [0.25, 0.3) is 22.1 Å². The summed E-state index contributed by atoms with van der Waals surface area (Å²) in [7, 11) is 4.13. The molecule has 3 saturated heterocycles. The zero-order valence-electron chi connectivity index (χ0n) is 35.9. The molecule has 7 heterocycles. The smallest absolute Gasteiger partial charge is 0.187 e. The maximum Gasteiger partial charge on any atom is 0.187 e. The molecule has 4 aromatic heterocycles. The van der Waals surface area contributed by atoms with E-state index < -0.39 is 5.60 Å². The van der Waals surface area contributed by atoms with Gasteiger partial charge in [0.25, 0.3) is 0 Å². The van der Waals surface area contributed by atoms with Crippen LogP contribution in [0, 0.1) is 11.8 Å². The molecule has 6 aromatic rings. The Bertz CT molecular complexity index is 2380. The van der Waals surface area contributed by atoms with E-state index in [1.807, 2.05) is 36.4 Å². The maximum atomic E-state index is 11.9. The third-order valence-corrected chi connectivity index (χ3v) is 14.6. The fourth-order valence-corrected chi connectivity index (χ4v) is 10.7. The summed E-state index contributed by atoms with van der Waals surface area (Å²) < 4.78 is 8.16. The van der Waals surface area contributed by atoms with Gasteiger partial charge < -0.3 is 29.4 Å². The van der Waals surface area contributed by atoms with Gasteiger partial charge in [-0.05, 0) is 164 Å². The van der Waals surface area contributed by atoms with Gasteiger partial charge in [0.2, 0.25) is 0 Å². The molecule has 3 N–H and O–H groups in total. The molecule has 3 fully saturated rings. The monoisotopic (exact) mass is 1020 g/mol. The van der Waals surface area contributed by atoms with Gasteiger partial charge in [0, 0.05) is 42.8 Å². The molecule has 336 valence electrons. The molecule has 0 saturated carbocycles. The lowest BCUT2D eigenvalue weighted by molar-refractivity contribution is -0.0439. The Kier molecular flexibility index (Phi) is 15.5. The first-order chi connectivity index (χ1) is 30.6. The summed E-state index contributed by atoms with van der Waals surface area (Å²) in [6, 6.07) is 15.9. The first-order valence-corrected chi connectivity index (χ1v) is 24.3. The molecule has 18 heteroatoms. The number of benzene rings is 2. The van der Waals surface area contributed by atoms with E-state index in [0.29, 0.717) is 22.2 Å². The summed E-state index contributed by atoms with van der Waals surface area (Å²) in [5, 5.41) is 29.6. The average Bonchev–Trinajstić information content (AvgIpc) is 4.07. The summed E-state index contributed by atoms with van der Waals surface area (Å²) in [5.74, 6) is 2.44. The Morgan fingerprint density at radius 2 is 1.29 bits per heavy atom. The van der Waals surface area contributed by atoms with Crippen molar-refractivity contribution in [3.05, 3.63) is 91.6 Å². The molecule has 3 aliphatic heterocycles. The molecule has 2 unspecified atom stereocenters. The normalized spacial score (nSPS) is 18.3. The minimum atomic E-state index is -0.871. The topological polar surface area (TPSA) is 151 Å². The van der Waals surface area contributed by atoms with Crippen molar-refractivity contribution in [1.82, 2.24) is 50.1 Å². The number of hydrogen-bond acceptors (Lipinski definition) is 12. The van der Waals surface area contributed by atoms with E-state index in [1.165, 1.54) is 31.5 Å². The predicted molar refractivity (Wildman–Crippen MR) is 258 cm³/mol. The summed E-state index contributed by atoms with van der Waals surface area (Å²) >= 11 is 19.3. The molecule has 9 rings (SSSR count). The summed E-state index contributed by atoms with van der Waals surface area (Å²) in [5.41, 5.74) is 2.64. The van der Waals surface area contributed by atoms with Crippen molar-refractivity contribution in [2.75, 3.05) is 82.9 Å². The molecule has 0 radical (unpaired) electrons. The van der Waals surface area contributed by atoms with Crippen LogP contribution in [0.1, 0.15) is 68.6 Å². The summed E-state index contributed by atoms with van der Waals surface area (Å²) in [4.78, 5) is 26.9. The molecular weight excluding hydrogens is 971 g/mol. The van der Waals surface area contributed by atoms with Crippen LogP contribution >= 0.6 is 55.1 Å². The van der Waals surface area contributed by atoms with E-state index in [9.17, 15) is 5.11 Å². The second-order valence-corrected chi connectivity index (χ2v) is 19.6. The highest BCUT2D eigenvalue weighted by atomic mass is 79.9. The van der Waals surface area contributed by atoms with Crippen LogP contribution in [0.15, 0.2) is 70.4 Å². The fraction of sp³-hybridized carbons (Fsp3) is 0.511. The van der Waals surface area contributed by atoms with Gasteiger partial charge in [0.15, 0.2) is 11.3 Å². The molecule has 3 aliphatic rings. The number of nitrogens with one attached hydrogen (secondary N) is 2. The molecular formula is C45H56Br2Cl2N12O2. The van der Waals surface area contributed by atoms with Gasteiger partial charge in [-0.3, -0.25) is 10.2 Å². The van der Waals surface area contributed by atoms with Crippen LogP contribution in [0.4, 0.5) is 11.6 Å². The number of halogens is 4. The number of aromatic amines is 2. The summed E-state index contributed by atoms with van der Waals surface area (Å²) in [6.45, 7) is 8.60. The number of hydrogen-bond donors (Lipinski definition) is 3. The summed E-state index contributed by atoms with van der Waals surface area (Å²) in [6.07, 6.45) is 11.3. The Morgan fingerprint density at radius 1 is 0.762 bits per heavy atom. The number of piperidine rings is 2. The number of H-pyrrole nitrogens is 2. The van der Waals surface area contributed by atoms with Crippen LogP contribution in [0.3, 0.4) is 0 Å². The molecule has 2 atom stereocenters. The molecule has 0 bridgehead atoms. The van der Waals surface area contributed by atoms with E-state index in [1.54, 1.807) is 12.7 Å². The van der Waals surface area contributed by atoms with Crippen molar-refractivity contribution < 1.29 is 9.84 Å². The van der Waals surface area contributed by atoms with Gasteiger partial charge in [-0.2, -0.15) is 10.2 Å². The number of aliphatic hydroxyl groups is 1. The SMILES string of the molecule is CN(C)CCCC(O)(c1ccc(Cl)cc1)C1CCN(c2ncnc3n[nH]c(Br)c23)CC1.Clc1ccc(C(OCCN2CCCC2)C2CCN(c3ncnc4n[nH]c(Br)c34)CC2)cc1. The highest BCUT2D eigenvalue weighted by molar-refractivity contribution is 9.10. The Hall–Kier alpha value is -3.48. The van der Waals surface area contributed by atoms with E-state index in [0.717, 1.165) is 127 Å². The lowest BCUT2D eigenvalue weighted by atomic mass is 9.73. The number of ether oxygens (including phenoxy) is 1. The van der Waals surface area contributed by atoms with Crippen LogP contribution < -0.4 is 9.80 Å². The van der Waals surface area contributed by atoms with Crippen molar-refractivity contribution in [2.45, 2.75) is 63.1 Å². The van der Waals surface area contributed by atoms with E-state index in [4.69, 9.17) is 27.9 Å². The number of fused-ring (bicyclic) bond motifs is 2. The van der Waals surface area contributed by atoms with Crippen molar-refractivity contribution >= 4 is 88.8 Å². The van der Waals surface area contributed by atoms with Crippen LogP contribution in [0.2, 0.25) is 10.0 Å². The lowest BCUT2D eigenvalue weighted by Crippen LogP contribution is -2.44. The Morgan fingerprint density at radius 3 is 1.83 bits per heavy atom. The second kappa shape index (κ2) is 21.2. The number of anilines is 2. The van der Waals surface area contributed by atoms with Crippen molar-refractivity contribution in [2.24, 2.45) is 11.8 Å². The molecule has 2 aromatic carbocycles. The number of rotatable bonds is 14. The minimum Gasteiger partial charge on any atom is -0.385 e. The first-order valence-electron chi connectivity index (χ1n) is 22.0. The average molecular weight is 1030 g/mol. The fourth-order valence-electron chi connectivity index (χ4n) is 9.53. The first kappa shape index (κ1) is 46.1. The second-order valence-electron chi connectivity index (χ2n) is 17.2. The molecule has 0 aliphatic carbocycles. The minimum absolute atomic E-state index is 0.0862. The van der Waals surface area contributed by atoms with Crippen LogP contribution in [-0.4, -0.2) is 128 Å². The van der Waals surface area contributed by atoms with E-state index in [-0.39, 0.29) is 12.0 Å². The zero-order valence-corrected chi connectivity index (χ0v) is 40.5. The molecule has 0 amide bonds. The van der Waals surface area contributed by atoms with Gasteiger partial charge in [0.1, 0.15) is 33.5 Å². The highest BCUT2D eigenvalue weighted by Gasteiger charge is 2.40. The standard InChI is InChI=1S/C23H28BrClN6O.C22H28BrClN6O/c24-21-19-22(29-28-21)26-15-27-23(19)31-11-7-17(8-12-31)20(16-3-5-18(25)6-4-16)32-14-13-30-9-1-2-10-30;1-29(2)11-3-10-22(31,15-4-6-17(24)7-5-15)16-8-12-30(13-9-16)21-18-19(23)27-28-20(18)25-14-26-21/h3-6,15,17,20H,1-2,7-14H2,(H,26,27,28,29);4-7,14,16,31H,3,8-13H2,1-2H3,(H,25,26,27,28). The van der Waals surface area contributed by atoms with Gasteiger partial charge >= 0.3 is 0 Å². The van der Waals surface area contributed by atoms with E-state index in [2.05, 4.69) is 118 Å². The van der Waals surface area contributed by atoms with Gasteiger partial charge in [-0.25, -0.2) is 19.9 Å². The quantitative estimate of drug-likeness (QED) is 0.0955. The van der Waals surface area contributed by atoms with Crippen LogP contribution in [-0.2, 0) is 10.3 Å². The Labute approximate surface area is 395 Å². The molecule has 0 spiro atoms. The predicted octanol–water partition coefficient (Wildman–Crippen LogP) is 9.05. The molecule has 14 nitrogen and oxygen atoms in total. The van der Waals surface area contributed by atoms with Gasteiger partial charge in [-0.1, -0.05) is 47.5 Å². The maximum absolute atomic E-state index is 11.9. The van der Waals surface area contributed by atoms with Gasteiger partial charge in [-0.15, -0.1) is 0 Å². The van der Waals surface area contributed by atoms with Crippen molar-refractivity contribution in [3.8, 4) is 0 Å². The Balaban J connectivity index is 0.000000173. The van der Waals surface area contributed by atoms with E-state index >= 15 is 0 Å². The highest BCUT2D eigenvalue weighted by Crippen LogP contribution is 2.42.